The average Bonchev–Trinajstić information content (AvgIpc) is 3.07. The third-order valence-electron chi connectivity index (χ3n) is 5.29. The molecule has 9 nitrogen and oxygen atoms in total. The molecular formula is C22H30N6O3S. The van der Waals surface area contributed by atoms with Gasteiger partial charge in [-0.05, 0) is 38.8 Å². The number of carbonyl (C=O) groups is 3. The lowest BCUT2D eigenvalue weighted by atomic mass is 9.96. The molecule has 0 spiro atoms. The maximum absolute atomic E-state index is 13.6. The Bertz CT molecular complexity index is 1030. The Labute approximate surface area is 192 Å². The van der Waals surface area contributed by atoms with E-state index in [4.69, 9.17) is 5.73 Å². The minimum atomic E-state index is -1.04. The lowest BCUT2D eigenvalue weighted by Gasteiger charge is -2.43. The number of carbonyl (C=O) groups excluding carboxylic acids is 3. The van der Waals surface area contributed by atoms with Gasteiger partial charge in [0.25, 0.3) is 0 Å². The highest BCUT2D eigenvalue weighted by atomic mass is 32.2. The summed E-state index contributed by atoms with van der Waals surface area (Å²) in [6.07, 6.45) is 0.577. The zero-order chi connectivity index (χ0) is 23.6. The summed E-state index contributed by atoms with van der Waals surface area (Å²) >= 11 is 1.30. The monoisotopic (exact) mass is 458 g/mol. The van der Waals surface area contributed by atoms with Crippen LogP contribution in [0.5, 0.6) is 0 Å². The zero-order valence-electron chi connectivity index (χ0n) is 19.1. The molecule has 1 aliphatic heterocycles. The lowest BCUT2D eigenvalue weighted by Crippen LogP contribution is -2.60. The predicted molar refractivity (Wildman–Crippen MR) is 124 cm³/mol. The fourth-order valence-corrected chi connectivity index (χ4v) is 4.53. The van der Waals surface area contributed by atoms with Crippen LogP contribution in [0.2, 0.25) is 0 Å². The molecule has 2 aromatic rings. The Balaban J connectivity index is 1.88. The first-order valence-electron chi connectivity index (χ1n) is 10.6. The van der Waals surface area contributed by atoms with Crippen LogP contribution in [0, 0.1) is 5.92 Å². The van der Waals surface area contributed by atoms with Crippen LogP contribution in [-0.2, 0) is 27.3 Å². The van der Waals surface area contributed by atoms with Crippen LogP contribution < -0.4 is 16.0 Å². The van der Waals surface area contributed by atoms with E-state index in [2.05, 4.69) is 29.4 Å². The van der Waals surface area contributed by atoms with Crippen LogP contribution >= 0.6 is 11.8 Å². The molecule has 3 N–H and O–H groups in total. The van der Waals surface area contributed by atoms with E-state index in [-0.39, 0.29) is 18.2 Å². The quantitative estimate of drug-likeness (QED) is 0.586. The molecule has 0 bridgehead atoms. The van der Waals surface area contributed by atoms with Crippen LogP contribution in [0.25, 0.3) is 0 Å². The third-order valence-corrected chi connectivity index (χ3v) is 6.36. The van der Waals surface area contributed by atoms with Gasteiger partial charge in [-0.3, -0.25) is 19.3 Å². The topological polar surface area (TPSA) is 123 Å². The van der Waals surface area contributed by atoms with Gasteiger partial charge in [0.05, 0.1) is 16.6 Å². The second kappa shape index (κ2) is 9.32. The number of rotatable bonds is 8. The summed E-state index contributed by atoms with van der Waals surface area (Å²) in [5, 5.41) is 11.5. The fourth-order valence-electron chi connectivity index (χ4n) is 3.61. The Morgan fingerprint density at radius 1 is 1.19 bits per heavy atom. The Kier molecular flexibility index (Phi) is 6.92. The first-order chi connectivity index (χ1) is 15.0. The molecule has 1 aromatic carbocycles. The number of nitrogens with zero attached hydrogens (tertiary/aromatic N) is 4. The highest BCUT2D eigenvalue weighted by Crippen LogP contribution is 2.38. The predicted octanol–water partition coefficient (Wildman–Crippen LogP) is 2.60. The van der Waals surface area contributed by atoms with E-state index in [1.54, 1.807) is 31.7 Å². The van der Waals surface area contributed by atoms with Crippen molar-refractivity contribution in [2.45, 2.75) is 70.0 Å². The van der Waals surface area contributed by atoms with Crippen molar-refractivity contribution in [2.24, 2.45) is 11.7 Å². The van der Waals surface area contributed by atoms with Gasteiger partial charge < -0.3 is 15.6 Å². The maximum atomic E-state index is 13.6. The number of aryl methyl sites for hydroxylation is 1. The summed E-state index contributed by atoms with van der Waals surface area (Å²) in [4.78, 5) is 39.1. The summed E-state index contributed by atoms with van der Waals surface area (Å²) in [6, 6.07) is 7.27. The average molecular weight is 459 g/mol. The van der Waals surface area contributed by atoms with Crippen molar-refractivity contribution in [3.8, 4) is 0 Å². The van der Waals surface area contributed by atoms with Crippen LogP contribution in [0.4, 0.5) is 11.4 Å². The molecule has 172 valence electrons. The fraction of sp³-hybridized carbons (Fsp3) is 0.500. The van der Waals surface area contributed by atoms with Gasteiger partial charge >= 0.3 is 0 Å². The molecule has 0 fully saturated rings. The maximum Gasteiger partial charge on any atom is 0.250 e. The van der Waals surface area contributed by atoms with Gasteiger partial charge in [0, 0.05) is 19.4 Å². The second-order valence-corrected chi connectivity index (χ2v) is 10.1. The molecule has 1 atom stereocenters. The van der Waals surface area contributed by atoms with Crippen molar-refractivity contribution in [1.82, 2.24) is 14.8 Å². The number of benzene rings is 1. The molecule has 0 unspecified atom stereocenters. The number of amides is 3. The number of nitrogens with one attached hydrogen (secondary N) is 1. The van der Waals surface area contributed by atoms with Gasteiger partial charge in [-0.25, -0.2) is 0 Å². The largest absolute Gasteiger partial charge is 0.370 e. The normalized spacial score (nSPS) is 15.9. The van der Waals surface area contributed by atoms with Crippen molar-refractivity contribution in [3.05, 3.63) is 30.1 Å². The molecule has 0 radical (unpaired) electrons. The number of aromatic nitrogens is 3. The Morgan fingerprint density at radius 2 is 1.88 bits per heavy atom. The smallest absolute Gasteiger partial charge is 0.250 e. The van der Waals surface area contributed by atoms with Gasteiger partial charge in [-0.15, -0.1) is 10.2 Å². The molecule has 1 aromatic heterocycles. The second-order valence-electron chi connectivity index (χ2n) is 8.83. The van der Waals surface area contributed by atoms with Crippen molar-refractivity contribution in [2.75, 3.05) is 10.2 Å². The highest BCUT2D eigenvalue weighted by molar-refractivity contribution is 8.00. The summed E-state index contributed by atoms with van der Waals surface area (Å²) < 4.78 is 1.95. The molecule has 0 aliphatic carbocycles. The van der Waals surface area contributed by atoms with Crippen molar-refractivity contribution >= 4 is 40.9 Å². The SMILES string of the molecule is CC(C)Cn1c(CCC(N)=O)nnc1S[C@@H](C)C(=O)N1c2ccccc2NC(=O)C1(C)C. The number of primary amides is 1. The van der Waals surface area contributed by atoms with E-state index >= 15 is 0 Å². The van der Waals surface area contributed by atoms with E-state index < -0.39 is 16.7 Å². The zero-order valence-corrected chi connectivity index (χ0v) is 19.9. The highest BCUT2D eigenvalue weighted by Gasteiger charge is 2.45. The number of nitrogens with two attached hydrogens (primary N) is 1. The van der Waals surface area contributed by atoms with Gasteiger partial charge in [-0.1, -0.05) is 37.7 Å². The van der Waals surface area contributed by atoms with Crippen LogP contribution in [0.3, 0.4) is 0 Å². The molecule has 0 saturated carbocycles. The number of para-hydroxylation sites is 2. The standard InChI is InChI=1S/C22H30N6O3S/c1-13(2)12-27-18(11-10-17(23)29)25-26-21(27)32-14(3)19(30)28-16-9-7-6-8-15(16)24-20(31)22(28,4)5/h6-9,13-14H,10-12H2,1-5H3,(H2,23,29)(H,24,31)/t14-/m0/s1. The van der Waals surface area contributed by atoms with Crippen LogP contribution in [0.1, 0.15) is 46.9 Å². The summed E-state index contributed by atoms with van der Waals surface area (Å²) in [5.74, 6) is 0.160. The summed E-state index contributed by atoms with van der Waals surface area (Å²) in [6.45, 7) is 10.1. The number of thioether (sulfide) groups is 1. The minimum Gasteiger partial charge on any atom is -0.370 e. The van der Waals surface area contributed by atoms with E-state index in [1.807, 2.05) is 22.8 Å². The summed E-state index contributed by atoms with van der Waals surface area (Å²) in [7, 11) is 0. The number of hydrogen-bond acceptors (Lipinski definition) is 6. The summed E-state index contributed by atoms with van der Waals surface area (Å²) in [5.41, 5.74) is 5.53. The van der Waals surface area contributed by atoms with Gasteiger partial charge in [0.1, 0.15) is 11.4 Å². The van der Waals surface area contributed by atoms with Gasteiger partial charge in [0.2, 0.25) is 17.7 Å². The van der Waals surface area contributed by atoms with Crippen molar-refractivity contribution in [1.29, 1.82) is 0 Å². The minimum absolute atomic E-state index is 0.184. The van der Waals surface area contributed by atoms with Crippen LogP contribution in [-0.4, -0.2) is 43.3 Å². The molecule has 3 rings (SSSR count). The lowest BCUT2D eigenvalue weighted by molar-refractivity contribution is -0.126. The number of anilines is 2. The molecule has 0 saturated heterocycles. The molecule has 32 heavy (non-hydrogen) atoms. The Morgan fingerprint density at radius 3 is 2.53 bits per heavy atom. The van der Waals surface area contributed by atoms with E-state index in [0.29, 0.717) is 41.2 Å². The molecule has 10 heteroatoms. The number of fused-ring (bicyclic) bond motifs is 1. The van der Waals surface area contributed by atoms with Crippen LogP contribution in [0.15, 0.2) is 29.4 Å². The first kappa shape index (κ1) is 23.8. The molecule has 1 aliphatic rings. The Hall–Kier alpha value is -2.88. The molecular weight excluding hydrogens is 428 g/mol. The third kappa shape index (κ3) is 4.79. The molecule has 2 heterocycles. The van der Waals surface area contributed by atoms with Gasteiger partial charge in [-0.2, -0.15) is 0 Å². The number of hydrogen-bond donors (Lipinski definition) is 2. The van der Waals surface area contributed by atoms with Gasteiger partial charge in [0.15, 0.2) is 5.16 Å². The molecule has 3 amide bonds. The van der Waals surface area contributed by atoms with E-state index in [9.17, 15) is 14.4 Å². The van der Waals surface area contributed by atoms with E-state index in [1.165, 1.54) is 11.8 Å². The van der Waals surface area contributed by atoms with E-state index in [0.717, 1.165) is 0 Å². The van der Waals surface area contributed by atoms with Crippen molar-refractivity contribution < 1.29 is 14.4 Å². The van der Waals surface area contributed by atoms with Crippen molar-refractivity contribution in [3.63, 3.8) is 0 Å². The first-order valence-corrected chi connectivity index (χ1v) is 11.5.